The molecule has 0 radical (unpaired) electrons. The SMILES string of the molecule is CC1C2C(=O)C3(Cl)C(C)C3C(=O)C12Cl. The first-order valence-electron chi connectivity index (χ1n) is 4.84. The summed E-state index contributed by atoms with van der Waals surface area (Å²) in [5.41, 5.74) is 0. The number of hydrogen-bond donors (Lipinski definition) is 0. The van der Waals surface area contributed by atoms with E-state index in [1.165, 1.54) is 0 Å². The third-order valence-corrected chi connectivity index (χ3v) is 5.86. The molecule has 0 aromatic rings. The second-order valence-corrected chi connectivity index (χ2v) is 6.05. The molecule has 0 amide bonds. The summed E-state index contributed by atoms with van der Waals surface area (Å²) in [5, 5.41) is 0. The Labute approximate surface area is 91.9 Å². The van der Waals surface area contributed by atoms with Gasteiger partial charge in [0.05, 0.1) is 11.8 Å². The molecule has 3 aliphatic carbocycles. The van der Waals surface area contributed by atoms with Crippen molar-refractivity contribution in [2.45, 2.75) is 23.6 Å². The molecule has 6 atom stereocenters. The van der Waals surface area contributed by atoms with Crippen LogP contribution in [0.4, 0.5) is 0 Å². The smallest absolute Gasteiger partial charge is 0.160 e. The molecule has 76 valence electrons. The Balaban J connectivity index is 2.09. The minimum atomic E-state index is -0.898. The standard InChI is InChI=1S/C10H10Cl2O2/c1-3-5-7(13)10(12)4(2)6(10)8(14)9(3,5)11/h3-6H,1-2H3. The summed E-state index contributed by atoms with van der Waals surface area (Å²) in [6.45, 7) is 3.70. The van der Waals surface area contributed by atoms with E-state index in [0.717, 1.165) is 0 Å². The fraction of sp³-hybridized carbons (Fsp3) is 0.800. The van der Waals surface area contributed by atoms with Crippen molar-refractivity contribution in [3.63, 3.8) is 0 Å². The predicted octanol–water partition coefficient (Wildman–Crippen LogP) is 1.63. The van der Waals surface area contributed by atoms with E-state index >= 15 is 0 Å². The molecule has 0 aromatic heterocycles. The van der Waals surface area contributed by atoms with Crippen molar-refractivity contribution < 1.29 is 9.59 Å². The van der Waals surface area contributed by atoms with E-state index in [1.807, 2.05) is 13.8 Å². The molecule has 3 saturated carbocycles. The molecule has 2 nitrogen and oxygen atoms in total. The van der Waals surface area contributed by atoms with Gasteiger partial charge in [0.15, 0.2) is 11.6 Å². The van der Waals surface area contributed by atoms with Gasteiger partial charge >= 0.3 is 0 Å². The highest BCUT2D eigenvalue weighted by atomic mass is 35.5. The third kappa shape index (κ3) is 0.619. The van der Waals surface area contributed by atoms with Crippen LogP contribution < -0.4 is 0 Å². The molecule has 0 aromatic carbocycles. The van der Waals surface area contributed by atoms with Crippen LogP contribution in [0.25, 0.3) is 0 Å². The number of carbonyl (C=O) groups is 2. The summed E-state index contributed by atoms with van der Waals surface area (Å²) in [7, 11) is 0. The van der Waals surface area contributed by atoms with Gasteiger partial charge < -0.3 is 0 Å². The summed E-state index contributed by atoms with van der Waals surface area (Å²) in [5.74, 6) is -0.706. The van der Waals surface area contributed by atoms with Crippen LogP contribution in [0.1, 0.15) is 13.8 Å². The van der Waals surface area contributed by atoms with Crippen LogP contribution in [0, 0.1) is 23.7 Å². The molecule has 3 fully saturated rings. The fourth-order valence-electron chi connectivity index (χ4n) is 3.11. The molecule has 14 heavy (non-hydrogen) atoms. The number of halogens is 2. The van der Waals surface area contributed by atoms with E-state index in [4.69, 9.17) is 23.2 Å². The van der Waals surface area contributed by atoms with Gasteiger partial charge in [-0.3, -0.25) is 9.59 Å². The van der Waals surface area contributed by atoms with Crippen LogP contribution in [-0.4, -0.2) is 21.3 Å². The lowest BCUT2D eigenvalue weighted by atomic mass is 9.97. The van der Waals surface area contributed by atoms with E-state index in [9.17, 15) is 9.59 Å². The molecule has 0 bridgehead atoms. The van der Waals surface area contributed by atoms with Crippen LogP contribution in [0.15, 0.2) is 0 Å². The fourth-order valence-corrected chi connectivity index (χ4v) is 4.05. The van der Waals surface area contributed by atoms with Crippen molar-refractivity contribution in [3.05, 3.63) is 0 Å². The molecule has 3 rings (SSSR count). The van der Waals surface area contributed by atoms with Crippen LogP contribution >= 0.6 is 23.2 Å². The number of fused-ring (bicyclic) bond motifs is 2. The van der Waals surface area contributed by atoms with Gasteiger partial charge in [-0.05, 0) is 11.8 Å². The van der Waals surface area contributed by atoms with Crippen LogP contribution in [0.2, 0.25) is 0 Å². The first-order valence-corrected chi connectivity index (χ1v) is 5.60. The summed E-state index contributed by atoms with van der Waals surface area (Å²) < 4.78 is 0. The lowest BCUT2D eigenvalue weighted by molar-refractivity contribution is -0.129. The maximum Gasteiger partial charge on any atom is 0.160 e. The minimum absolute atomic E-state index is 0.00114. The molecule has 3 aliphatic rings. The molecule has 0 spiro atoms. The van der Waals surface area contributed by atoms with Crippen molar-refractivity contribution in [3.8, 4) is 0 Å². The maximum atomic E-state index is 11.9. The highest BCUT2D eigenvalue weighted by molar-refractivity contribution is 6.51. The van der Waals surface area contributed by atoms with Crippen molar-refractivity contribution in [2.75, 3.05) is 0 Å². The second kappa shape index (κ2) is 2.05. The van der Waals surface area contributed by atoms with E-state index in [0.29, 0.717) is 0 Å². The van der Waals surface area contributed by atoms with Gasteiger partial charge in [-0.1, -0.05) is 13.8 Å². The van der Waals surface area contributed by atoms with Crippen molar-refractivity contribution in [1.29, 1.82) is 0 Å². The lowest BCUT2D eigenvalue weighted by Gasteiger charge is -2.16. The Kier molecular flexibility index (Phi) is 1.34. The summed E-state index contributed by atoms with van der Waals surface area (Å²) in [6.07, 6.45) is 0. The molecule has 0 saturated heterocycles. The van der Waals surface area contributed by atoms with E-state index in [1.54, 1.807) is 0 Å². The number of carbonyl (C=O) groups excluding carboxylic acids is 2. The van der Waals surface area contributed by atoms with Gasteiger partial charge in [-0.2, -0.15) is 0 Å². The highest BCUT2D eigenvalue weighted by Gasteiger charge is 2.86. The van der Waals surface area contributed by atoms with E-state index < -0.39 is 9.75 Å². The largest absolute Gasteiger partial charge is 0.297 e. The summed E-state index contributed by atoms with van der Waals surface area (Å²) in [4.78, 5) is 22.1. The van der Waals surface area contributed by atoms with Gasteiger partial charge in [-0.15, -0.1) is 23.2 Å². The topological polar surface area (TPSA) is 34.1 Å². The molecular weight excluding hydrogens is 223 g/mol. The number of rotatable bonds is 0. The van der Waals surface area contributed by atoms with Gasteiger partial charge in [0.2, 0.25) is 0 Å². The average Bonchev–Trinajstić information content (AvgIpc) is 2.87. The number of alkyl halides is 2. The Bertz CT molecular complexity index is 344. The molecular formula is C10H10Cl2O2. The van der Waals surface area contributed by atoms with Gasteiger partial charge in [0.25, 0.3) is 0 Å². The number of hydrogen-bond acceptors (Lipinski definition) is 2. The molecule has 0 aliphatic heterocycles. The zero-order chi connectivity index (χ0) is 10.5. The first kappa shape index (κ1) is 9.17. The summed E-state index contributed by atoms with van der Waals surface area (Å²) >= 11 is 12.3. The third-order valence-electron chi connectivity index (χ3n) is 4.33. The van der Waals surface area contributed by atoms with Crippen LogP contribution in [0.5, 0.6) is 0 Å². The predicted molar refractivity (Wildman–Crippen MR) is 52.5 cm³/mol. The Morgan fingerprint density at radius 1 is 0.929 bits per heavy atom. The highest BCUT2D eigenvalue weighted by Crippen LogP contribution is 2.73. The molecule has 6 unspecified atom stereocenters. The average molecular weight is 233 g/mol. The van der Waals surface area contributed by atoms with Crippen LogP contribution in [0.3, 0.4) is 0 Å². The monoisotopic (exact) mass is 232 g/mol. The van der Waals surface area contributed by atoms with Crippen molar-refractivity contribution in [1.82, 2.24) is 0 Å². The molecule has 4 heteroatoms. The normalized spacial score (nSPS) is 64.6. The number of Topliss-reactive ketones (excluding diaryl/α,β-unsaturated/α-hetero) is 2. The van der Waals surface area contributed by atoms with Gasteiger partial charge in [0.1, 0.15) is 9.75 Å². The quantitative estimate of drug-likeness (QED) is 0.596. The Morgan fingerprint density at radius 3 is 1.50 bits per heavy atom. The zero-order valence-electron chi connectivity index (χ0n) is 7.88. The van der Waals surface area contributed by atoms with Crippen LogP contribution in [-0.2, 0) is 9.59 Å². The Morgan fingerprint density at radius 2 is 1.21 bits per heavy atom. The second-order valence-electron chi connectivity index (χ2n) is 4.80. The van der Waals surface area contributed by atoms with E-state index in [-0.39, 0.29) is 35.2 Å². The maximum absolute atomic E-state index is 11.9. The minimum Gasteiger partial charge on any atom is -0.297 e. The van der Waals surface area contributed by atoms with Gasteiger partial charge in [-0.25, -0.2) is 0 Å². The molecule has 0 heterocycles. The zero-order valence-corrected chi connectivity index (χ0v) is 9.39. The Hall–Kier alpha value is -0.0800. The summed E-state index contributed by atoms with van der Waals surface area (Å²) in [6, 6.07) is 0. The van der Waals surface area contributed by atoms with E-state index in [2.05, 4.69) is 0 Å². The first-order chi connectivity index (χ1) is 6.37. The van der Waals surface area contributed by atoms with Crippen molar-refractivity contribution in [2.24, 2.45) is 23.7 Å². The lowest BCUT2D eigenvalue weighted by Crippen LogP contribution is -2.37. The van der Waals surface area contributed by atoms with Gasteiger partial charge in [0, 0.05) is 0 Å². The number of ketones is 2. The van der Waals surface area contributed by atoms with Crippen molar-refractivity contribution >= 4 is 34.8 Å². The molecule has 0 N–H and O–H groups in total.